The van der Waals surface area contributed by atoms with E-state index >= 15 is 0 Å². The van der Waals surface area contributed by atoms with Crippen LogP contribution in [0.3, 0.4) is 0 Å². The molecule has 0 N–H and O–H groups in total. The van der Waals surface area contributed by atoms with Crippen LogP contribution in [0.5, 0.6) is 0 Å². The molecule has 1 heterocycles. The van der Waals surface area contributed by atoms with Crippen molar-refractivity contribution in [2.75, 3.05) is 18.6 Å². The summed E-state index contributed by atoms with van der Waals surface area (Å²) < 4.78 is 30.4. The summed E-state index contributed by atoms with van der Waals surface area (Å²) in [5, 5.41) is 2.82. The number of nitroso groups, excluding NO2 is 1. The Bertz CT molecular complexity index is 480. The van der Waals surface area contributed by atoms with Crippen molar-refractivity contribution < 1.29 is 17.7 Å². The van der Waals surface area contributed by atoms with Crippen LogP contribution in [0.15, 0.2) is 17.6 Å². The number of hydrogen-bond acceptors (Lipinski definition) is 5. The van der Waals surface area contributed by atoms with Gasteiger partial charge in [0.15, 0.2) is 13.3 Å². The summed E-state index contributed by atoms with van der Waals surface area (Å²) in [6, 6.07) is 0. The molecule has 1 rings (SSSR count). The minimum atomic E-state index is -3.00. The van der Waals surface area contributed by atoms with Gasteiger partial charge in [-0.2, -0.15) is 4.91 Å². The lowest BCUT2D eigenvalue weighted by Crippen LogP contribution is -2.32. The second-order valence-electron chi connectivity index (χ2n) is 3.75. The van der Waals surface area contributed by atoms with Gasteiger partial charge in [0.2, 0.25) is 0 Å². The van der Waals surface area contributed by atoms with Gasteiger partial charge in [-0.1, -0.05) is 5.18 Å². The van der Waals surface area contributed by atoms with Crippen LogP contribution >= 0.6 is 0 Å². The molecule has 0 saturated heterocycles. The van der Waals surface area contributed by atoms with E-state index in [1.54, 1.807) is 28.6 Å². The quantitative estimate of drug-likeness (QED) is 0.380. The third-order valence-electron chi connectivity index (χ3n) is 2.24. The smallest absolute Gasteiger partial charge is 0.283 e. The van der Waals surface area contributed by atoms with E-state index in [1.807, 2.05) is 0 Å². The Morgan fingerprint density at radius 3 is 2.82 bits per heavy atom. The maximum Gasteiger partial charge on any atom is 0.283 e. The number of aromatic nitrogens is 2. The van der Waals surface area contributed by atoms with Gasteiger partial charge in [-0.3, -0.25) is 0 Å². The van der Waals surface area contributed by atoms with Crippen LogP contribution in [0.25, 0.3) is 0 Å². The van der Waals surface area contributed by atoms with Crippen molar-refractivity contribution in [2.24, 2.45) is 12.2 Å². The van der Waals surface area contributed by atoms with Gasteiger partial charge < -0.3 is 4.74 Å². The first-order valence-electron chi connectivity index (χ1n) is 5.02. The summed E-state index contributed by atoms with van der Waals surface area (Å²) in [6.07, 6.45) is 4.69. The topological polar surface area (TPSA) is 81.6 Å². The summed E-state index contributed by atoms with van der Waals surface area (Å²) in [6.45, 7) is 0.398. The van der Waals surface area contributed by atoms with Gasteiger partial charge in [0.05, 0.1) is 19.4 Å². The van der Waals surface area contributed by atoms with Gasteiger partial charge >= 0.3 is 0 Å². The number of sulfone groups is 1. The van der Waals surface area contributed by atoms with Gasteiger partial charge in [0.25, 0.3) is 5.82 Å². The van der Waals surface area contributed by atoms with Crippen LogP contribution in [0.1, 0.15) is 5.82 Å². The molecule has 8 heteroatoms. The summed E-state index contributed by atoms with van der Waals surface area (Å²) in [5.41, 5.74) is 0. The third-order valence-corrected chi connectivity index (χ3v) is 3.15. The number of aryl methyl sites for hydroxylation is 1. The summed E-state index contributed by atoms with van der Waals surface area (Å²) in [5.74, 6) is 0.695. The largest absolute Gasteiger partial charge is 0.341 e. The molecule has 0 aliphatic heterocycles. The zero-order valence-electron chi connectivity index (χ0n) is 9.87. The van der Waals surface area contributed by atoms with Crippen molar-refractivity contribution >= 4 is 9.84 Å². The first-order chi connectivity index (χ1) is 7.94. The summed E-state index contributed by atoms with van der Waals surface area (Å²) in [4.78, 5) is 10.2. The van der Waals surface area contributed by atoms with Gasteiger partial charge in [-0.25, -0.2) is 17.6 Å². The number of imidazole rings is 1. The Hall–Kier alpha value is -1.28. The number of nitrogens with zero attached hydrogens (tertiary/aromatic N) is 3. The molecule has 0 bridgehead atoms. The molecule has 0 aromatic carbocycles. The standard InChI is InChI=1S/C9H16N3O4S/c1-11-3-4-12(9(11)7-10-13)8-16-5-6-17(2,14)15/h3-4H,5-8H2,1-2H3/q+1. The molecular formula is C9H16N3O4S+. The number of rotatable bonds is 7. The Labute approximate surface area is 99.9 Å². The Balaban J connectivity index is 2.49. The van der Waals surface area contributed by atoms with Gasteiger partial charge in [-0.15, -0.1) is 0 Å². The maximum absolute atomic E-state index is 10.9. The van der Waals surface area contributed by atoms with Gasteiger partial charge in [0, 0.05) is 6.26 Å². The van der Waals surface area contributed by atoms with Crippen molar-refractivity contribution in [3.05, 3.63) is 23.1 Å². The molecule has 0 saturated carbocycles. The fourth-order valence-corrected chi connectivity index (χ4v) is 1.73. The van der Waals surface area contributed by atoms with E-state index in [9.17, 15) is 13.3 Å². The molecule has 7 nitrogen and oxygen atoms in total. The van der Waals surface area contributed by atoms with Crippen molar-refractivity contribution in [3.8, 4) is 0 Å². The highest BCUT2D eigenvalue weighted by Crippen LogP contribution is 1.98. The summed E-state index contributed by atoms with van der Waals surface area (Å²) in [7, 11) is -1.20. The van der Waals surface area contributed by atoms with Crippen LogP contribution < -0.4 is 4.57 Å². The SMILES string of the molecule is C[n+]1ccn(COCCS(C)(=O)=O)c1CN=O. The number of ether oxygens (including phenoxy) is 1. The second-order valence-corrected chi connectivity index (χ2v) is 6.01. The highest BCUT2D eigenvalue weighted by atomic mass is 32.2. The van der Waals surface area contributed by atoms with Crippen molar-refractivity contribution in [2.45, 2.75) is 13.3 Å². The third kappa shape index (κ3) is 4.61. The molecule has 1 aromatic heterocycles. The second kappa shape index (κ2) is 5.87. The van der Waals surface area contributed by atoms with E-state index < -0.39 is 9.84 Å². The lowest BCUT2D eigenvalue weighted by Gasteiger charge is -2.02. The van der Waals surface area contributed by atoms with E-state index in [-0.39, 0.29) is 25.6 Å². The maximum atomic E-state index is 10.9. The Morgan fingerprint density at radius 2 is 2.24 bits per heavy atom. The van der Waals surface area contributed by atoms with Crippen LogP contribution in [-0.2, 0) is 34.9 Å². The predicted molar refractivity (Wildman–Crippen MR) is 60.8 cm³/mol. The van der Waals surface area contributed by atoms with Gasteiger partial charge in [-0.05, 0) is 0 Å². The lowest BCUT2D eigenvalue weighted by molar-refractivity contribution is -0.679. The van der Waals surface area contributed by atoms with Crippen LogP contribution in [0, 0.1) is 4.91 Å². The molecule has 0 radical (unpaired) electrons. The van der Waals surface area contributed by atoms with Crippen molar-refractivity contribution in [3.63, 3.8) is 0 Å². The predicted octanol–water partition coefficient (Wildman–Crippen LogP) is -0.402. The van der Waals surface area contributed by atoms with Crippen LogP contribution in [-0.4, -0.2) is 31.6 Å². The molecule has 17 heavy (non-hydrogen) atoms. The Morgan fingerprint density at radius 1 is 1.53 bits per heavy atom. The van der Waals surface area contributed by atoms with Crippen LogP contribution in [0.4, 0.5) is 0 Å². The zero-order chi connectivity index (χ0) is 12.9. The average Bonchev–Trinajstić information content (AvgIpc) is 2.55. The van der Waals surface area contributed by atoms with E-state index in [4.69, 9.17) is 4.74 Å². The first-order valence-corrected chi connectivity index (χ1v) is 7.08. The summed E-state index contributed by atoms with van der Waals surface area (Å²) >= 11 is 0. The van der Waals surface area contributed by atoms with E-state index in [2.05, 4.69) is 5.18 Å². The molecule has 0 unspecified atom stereocenters. The molecule has 0 fully saturated rings. The molecule has 96 valence electrons. The molecule has 0 atom stereocenters. The van der Waals surface area contributed by atoms with E-state index in [0.29, 0.717) is 5.82 Å². The lowest BCUT2D eigenvalue weighted by atomic mass is 10.6. The highest BCUT2D eigenvalue weighted by molar-refractivity contribution is 7.90. The van der Waals surface area contributed by atoms with E-state index in [0.717, 1.165) is 6.26 Å². The van der Waals surface area contributed by atoms with Crippen molar-refractivity contribution in [1.29, 1.82) is 0 Å². The van der Waals surface area contributed by atoms with Crippen LogP contribution in [0.2, 0.25) is 0 Å². The monoisotopic (exact) mass is 262 g/mol. The fourth-order valence-electron chi connectivity index (χ4n) is 1.31. The molecule has 0 aliphatic carbocycles. The molecular weight excluding hydrogens is 246 g/mol. The van der Waals surface area contributed by atoms with Gasteiger partial charge in [0.1, 0.15) is 22.2 Å². The molecule has 1 aromatic rings. The molecule has 0 amide bonds. The first kappa shape index (κ1) is 13.8. The number of hydrogen-bond donors (Lipinski definition) is 0. The molecule has 0 spiro atoms. The molecule has 0 aliphatic rings. The van der Waals surface area contributed by atoms with Crippen molar-refractivity contribution in [1.82, 2.24) is 4.57 Å². The Kier molecular flexibility index (Phi) is 4.76. The zero-order valence-corrected chi connectivity index (χ0v) is 10.7. The minimum Gasteiger partial charge on any atom is -0.341 e. The highest BCUT2D eigenvalue weighted by Gasteiger charge is 2.14. The normalized spacial score (nSPS) is 11.6. The average molecular weight is 262 g/mol. The minimum absolute atomic E-state index is 0.0122. The fraction of sp³-hybridized carbons (Fsp3) is 0.667. The van der Waals surface area contributed by atoms with E-state index in [1.165, 1.54) is 0 Å².